The molecule has 0 bridgehead atoms. The summed E-state index contributed by atoms with van der Waals surface area (Å²) in [4.78, 5) is 22.9. The Labute approximate surface area is 121 Å². The highest BCUT2D eigenvalue weighted by molar-refractivity contribution is 9.10. The van der Waals surface area contributed by atoms with Gasteiger partial charge in [0.1, 0.15) is 0 Å². The predicted molar refractivity (Wildman–Crippen MR) is 78.9 cm³/mol. The van der Waals surface area contributed by atoms with Crippen LogP contribution in [0.15, 0.2) is 28.7 Å². The van der Waals surface area contributed by atoms with E-state index in [4.69, 9.17) is 0 Å². The first-order chi connectivity index (χ1) is 9.11. The summed E-state index contributed by atoms with van der Waals surface area (Å²) in [5.41, 5.74) is 0.719. The number of amides is 2. The van der Waals surface area contributed by atoms with Gasteiger partial charge in [-0.2, -0.15) is 0 Å². The van der Waals surface area contributed by atoms with Crippen LogP contribution in [0.1, 0.15) is 13.3 Å². The van der Waals surface area contributed by atoms with Crippen molar-refractivity contribution in [1.82, 2.24) is 10.6 Å². The summed E-state index contributed by atoms with van der Waals surface area (Å²) in [6.07, 6.45) is 0.898. The van der Waals surface area contributed by atoms with Crippen LogP contribution < -0.4 is 16.0 Å². The van der Waals surface area contributed by atoms with E-state index in [9.17, 15) is 9.59 Å². The van der Waals surface area contributed by atoms with Crippen molar-refractivity contribution in [2.45, 2.75) is 13.3 Å². The first-order valence-electron chi connectivity index (χ1n) is 6.14. The van der Waals surface area contributed by atoms with Gasteiger partial charge in [0, 0.05) is 16.7 Å². The largest absolute Gasteiger partial charge is 0.355 e. The van der Waals surface area contributed by atoms with Crippen molar-refractivity contribution in [2.75, 3.05) is 25.0 Å². The monoisotopic (exact) mass is 327 g/mol. The molecule has 0 saturated carbocycles. The van der Waals surface area contributed by atoms with Gasteiger partial charge in [0.2, 0.25) is 11.8 Å². The van der Waals surface area contributed by atoms with Crippen molar-refractivity contribution in [1.29, 1.82) is 0 Å². The van der Waals surface area contributed by atoms with Gasteiger partial charge >= 0.3 is 0 Å². The Morgan fingerprint density at radius 2 is 1.95 bits per heavy atom. The molecule has 0 saturated heterocycles. The Bertz CT molecular complexity index is 438. The van der Waals surface area contributed by atoms with Gasteiger partial charge in [0.05, 0.1) is 13.1 Å². The summed E-state index contributed by atoms with van der Waals surface area (Å²) in [6, 6.07) is 7.33. The molecule has 1 aromatic rings. The van der Waals surface area contributed by atoms with Crippen molar-refractivity contribution in [3.8, 4) is 0 Å². The average Bonchev–Trinajstić information content (AvgIpc) is 2.36. The minimum Gasteiger partial charge on any atom is -0.355 e. The molecule has 0 spiro atoms. The van der Waals surface area contributed by atoms with Crippen LogP contribution in [0.4, 0.5) is 5.69 Å². The van der Waals surface area contributed by atoms with Crippen LogP contribution in [0, 0.1) is 0 Å². The quantitative estimate of drug-likeness (QED) is 0.710. The maximum atomic E-state index is 11.6. The Morgan fingerprint density at radius 1 is 1.21 bits per heavy atom. The fraction of sp³-hybridized carbons (Fsp3) is 0.385. The second-order valence-electron chi connectivity index (χ2n) is 4.01. The van der Waals surface area contributed by atoms with Crippen molar-refractivity contribution < 1.29 is 9.59 Å². The van der Waals surface area contributed by atoms with E-state index in [1.807, 2.05) is 25.1 Å². The standard InChI is InChI=1S/C13H18BrN3O2/c1-2-6-16-12(18)8-15-9-13(19)17-11-5-3-4-10(14)7-11/h3-5,7,15H,2,6,8-9H2,1H3,(H,16,18)(H,17,19). The third-order valence-electron chi connectivity index (χ3n) is 2.25. The second-order valence-corrected chi connectivity index (χ2v) is 4.93. The number of halogens is 1. The number of benzene rings is 1. The lowest BCUT2D eigenvalue weighted by Crippen LogP contribution is -2.37. The molecule has 1 rings (SSSR count). The maximum Gasteiger partial charge on any atom is 0.238 e. The van der Waals surface area contributed by atoms with Crippen LogP contribution in [0.3, 0.4) is 0 Å². The summed E-state index contributed by atoms with van der Waals surface area (Å²) < 4.78 is 0.900. The molecule has 0 heterocycles. The molecule has 3 N–H and O–H groups in total. The third kappa shape index (κ3) is 6.93. The summed E-state index contributed by atoms with van der Waals surface area (Å²) in [5.74, 6) is -0.279. The Hall–Kier alpha value is -1.40. The van der Waals surface area contributed by atoms with Crippen molar-refractivity contribution in [3.63, 3.8) is 0 Å². The van der Waals surface area contributed by atoms with Crippen molar-refractivity contribution >= 4 is 33.4 Å². The highest BCUT2D eigenvalue weighted by Gasteiger charge is 2.04. The zero-order valence-electron chi connectivity index (χ0n) is 10.8. The second kappa shape index (κ2) is 8.66. The summed E-state index contributed by atoms with van der Waals surface area (Å²) >= 11 is 3.33. The van der Waals surface area contributed by atoms with Gasteiger partial charge in [-0.1, -0.05) is 28.9 Å². The Kier molecular flexibility index (Phi) is 7.14. The van der Waals surface area contributed by atoms with Crippen LogP contribution in [-0.2, 0) is 9.59 Å². The van der Waals surface area contributed by atoms with E-state index in [0.29, 0.717) is 6.54 Å². The van der Waals surface area contributed by atoms with Gasteiger partial charge in [-0.05, 0) is 24.6 Å². The van der Waals surface area contributed by atoms with Crippen molar-refractivity contribution in [3.05, 3.63) is 28.7 Å². The zero-order chi connectivity index (χ0) is 14.1. The minimum atomic E-state index is -0.179. The molecule has 0 unspecified atom stereocenters. The fourth-order valence-electron chi connectivity index (χ4n) is 1.39. The van der Waals surface area contributed by atoms with Gasteiger partial charge in [-0.25, -0.2) is 0 Å². The highest BCUT2D eigenvalue weighted by Crippen LogP contribution is 2.15. The van der Waals surface area contributed by atoms with E-state index in [1.165, 1.54) is 0 Å². The maximum absolute atomic E-state index is 11.6. The van der Waals surface area contributed by atoms with E-state index in [1.54, 1.807) is 6.07 Å². The molecule has 0 aliphatic rings. The number of carbonyl (C=O) groups is 2. The lowest BCUT2D eigenvalue weighted by molar-refractivity contribution is -0.120. The van der Waals surface area contributed by atoms with E-state index >= 15 is 0 Å². The molecule has 104 valence electrons. The fourth-order valence-corrected chi connectivity index (χ4v) is 1.79. The average molecular weight is 328 g/mol. The molecule has 0 aliphatic carbocycles. The third-order valence-corrected chi connectivity index (χ3v) is 2.74. The molecular weight excluding hydrogens is 310 g/mol. The molecule has 19 heavy (non-hydrogen) atoms. The zero-order valence-corrected chi connectivity index (χ0v) is 12.4. The SMILES string of the molecule is CCCNC(=O)CNCC(=O)Nc1cccc(Br)c1. The Balaban J connectivity index is 2.23. The van der Waals surface area contributed by atoms with Crippen LogP contribution in [0.2, 0.25) is 0 Å². The first kappa shape index (κ1) is 15.7. The molecule has 0 atom stereocenters. The molecule has 2 amide bonds. The van der Waals surface area contributed by atoms with Gasteiger partial charge in [-0.3, -0.25) is 14.9 Å². The summed E-state index contributed by atoms with van der Waals surface area (Å²) in [6.45, 7) is 2.89. The molecule has 0 aliphatic heterocycles. The van der Waals surface area contributed by atoms with E-state index in [0.717, 1.165) is 16.6 Å². The topological polar surface area (TPSA) is 70.2 Å². The number of nitrogens with one attached hydrogen (secondary N) is 3. The van der Waals surface area contributed by atoms with Gasteiger partial charge in [0.15, 0.2) is 0 Å². The lowest BCUT2D eigenvalue weighted by atomic mass is 10.3. The number of carbonyl (C=O) groups excluding carboxylic acids is 2. The van der Waals surface area contributed by atoms with Crippen molar-refractivity contribution in [2.24, 2.45) is 0 Å². The molecule has 1 aromatic carbocycles. The number of anilines is 1. The number of hydrogen-bond donors (Lipinski definition) is 3. The molecule has 0 aromatic heterocycles. The normalized spacial score (nSPS) is 10.0. The number of rotatable bonds is 7. The smallest absolute Gasteiger partial charge is 0.238 e. The van der Waals surface area contributed by atoms with Gasteiger partial charge < -0.3 is 10.6 Å². The predicted octanol–water partition coefficient (Wildman–Crippen LogP) is 1.50. The van der Waals surface area contributed by atoms with Crippen LogP contribution in [-0.4, -0.2) is 31.4 Å². The molecule has 5 nitrogen and oxygen atoms in total. The van der Waals surface area contributed by atoms with Crippen LogP contribution in [0.25, 0.3) is 0 Å². The lowest BCUT2D eigenvalue weighted by Gasteiger charge is -2.07. The van der Waals surface area contributed by atoms with Gasteiger partial charge in [-0.15, -0.1) is 0 Å². The highest BCUT2D eigenvalue weighted by atomic mass is 79.9. The molecule has 0 radical (unpaired) electrons. The molecule has 6 heteroatoms. The summed E-state index contributed by atoms with van der Waals surface area (Å²) in [7, 11) is 0. The van der Waals surface area contributed by atoms with E-state index in [-0.39, 0.29) is 24.9 Å². The first-order valence-corrected chi connectivity index (χ1v) is 6.94. The van der Waals surface area contributed by atoms with Crippen LogP contribution in [0.5, 0.6) is 0 Å². The van der Waals surface area contributed by atoms with Crippen LogP contribution >= 0.6 is 15.9 Å². The Morgan fingerprint density at radius 3 is 2.63 bits per heavy atom. The molecular formula is C13H18BrN3O2. The van der Waals surface area contributed by atoms with E-state index < -0.39 is 0 Å². The van der Waals surface area contributed by atoms with Gasteiger partial charge in [0.25, 0.3) is 0 Å². The summed E-state index contributed by atoms with van der Waals surface area (Å²) in [5, 5.41) is 8.25. The number of hydrogen-bond acceptors (Lipinski definition) is 3. The van der Waals surface area contributed by atoms with E-state index in [2.05, 4.69) is 31.9 Å². The molecule has 0 fully saturated rings. The minimum absolute atomic E-state index is 0.0999.